The third kappa shape index (κ3) is 2.77. The predicted octanol–water partition coefficient (Wildman–Crippen LogP) is 3.41. The maximum absolute atomic E-state index is 5.88. The zero-order chi connectivity index (χ0) is 12.3. The van der Waals surface area contributed by atoms with E-state index in [0.717, 1.165) is 17.9 Å². The summed E-state index contributed by atoms with van der Waals surface area (Å²) in [6, 6.07) is 12.8. The Hall–Kier alpha value is -1.54. The first-order chi connectivity index (χ1) is 8.20. The first-order valence-electron chi connectivity index (χ1n) is 6.02. The first-order valence-corrected chi connectivity index (χ1v) is 6.02. The van der Waals surface area contributed by atoms with Crippen molar-refractivity contribution in [1.29, 1.82) is 0 Å². The van der Waals surface area contributed by atoms with Gasteiger partial charge < -0.3 is 9.73 Å². The third-order valence-electron chi connectivity index (χ3n) is 3.07. The van der Waals surface area contributed by atoms with E-state index in [1.165, 1.54) is 11.1 Å². The van der Waals surface area contributed by atoms with Gasteiger partial charge in [0.25, 0.3) is 0 Å². The number of rotatable bonds is 4. The van der Waals surface area contributed by atoms with Gasteiger partial charge in [-0.15, -0.1) is 0 Å². The van der Waals surface area contributed by atoms with E-state index < -0.39 is 0 Å². The van der Waals surface area contributed by atoms with Crippen LogP contribution in [0.2, 0.25) is 0 Å². The van der Waals surface area contributed by atoms with Crippen molar-refractivity contribution < 1.29 is 4.42 Å². The molecule has 0 spiro atoms. The highest BCUT2D eigenvalue weighted by Crippen LogP contribution is 2.25. The number of aryl methyl sites for hydroxylation is 1. The lowest BCUT2D eigenvalue weighted by Gasteiger charge is -2.07. The van der Waals surface area contributed by atoms with Gasteiger partial charge in [0, 0.05) is 18.0 Å². The predicted molar refractivity (Wildman–Crippen MR) is 71.1 cm³/mol. The lowest BCUT2D eigenvalue weighted by Crippen LogP contribution is -2.23. The van der Waals surface area contributed by atoms with Gasteiger partial charge in [0.05, 0.1) is 0 Å². The van der Waals surface area contributed by atoms with Crippen LogP contribution in [0.15, 0.2) is 40.8 Å². The van der Waals surface area contributed by atoms with Gasteiger partial charge in [-0.05, 0) is 38.6 Å². The average Bonchev–Trinajstić information content (AvgIpc) is 2.78. The van der Waals surface area contributed by atoms with E-state index in [1.807, 2.05) is 19.2 Å². The summed E-state index contributed by atoms with van der Waals surface area (Å²) >= 11 is 0. The van der Waals surface area contributed by atoms with E-state index in [4.69, 9.17) is 4.42 Å². The van der Waals surface area contributed by atoms with Crippen LogP contribution in [-0.4, -0.2) is 13.1 Å². The van der Waals surface area contributed by atoms with Crippen LogP contribution in [-0.2, 0) is 6.42 Å². The second-order valence-corrected chi connectivity index (χ2v) is 4.47. The Morgan fingerprint density at radius 2 is 1.94 bits per heavy atom. The Morgan fingerprint density at radius 3 is 2.65 bits per heavy atom. The van der Waals surface area contributed by atoms with E-state index in [2.05, 4.69) is 43.4 Å². The monoisotopic (exact) mass is 229 g/mol. The summed E-state index contributed by atoms with van der Waals surface area (Å²) in [5, 5.41) is 3.21. The molecule has 0 aliphatic heterocycles. The molecular weight excluding hydrogens is 210 g/mol. The van der Waals surface area contributed by atoms with Gasteiger partial charge in [-0.2, -0.15) is 0 Å². The van der Waals surface area contributed by atoms with E-state index >= 15 is 0 Å². The minimum absolute atomic E-state index is 0.436. The number of hydrogen-bond donors (Lipinski definition) is 1. The van der Waals surface area contributed by atoms with Crippen molar-refractivity contribution in [2.75, 3.05) is 7.05 Å². The molecule has 2 nitrogen and oxygen atoms in total. The highest BCUT2D eigenvalue weighted by Gasteiger charge is 2.08. The van der Waals surface area contributed by atoms with Crippen molar-refractivity contribution in [1.82, 2.24) is 5.32 Å². The van der Waals surface area contributed by atoms with Crippen molar-refractivity contribution in [3.63, 3.8) is 0 Å². The van der Waals surface area contributed by atoms with Crippen LogP contribution in [0, 0.1) is 6.92 Å². The molecule has 1 heterocycles. The van der Waals surface area contributed by atoms with Crippen molar-refractivity contribution in [3.8, 4) is 11.3 Å². The van der Waals surface area contributed by atoms with Crippen LogP contribution >= 0.6 is 0 Å². The molecule has 0 saturated carbocycles. The summed E-state index contributed by atoms with van der Waals surface area (Å²) in [5.41, 5.74) is 2.42. The van der Waals surface area contributed by atoms with Gasteiger partial charge in [0.2, 0.25) is 0 Å². The van der Waals surface area contributed by atoms with Gasteiger partial charge in [0.1, 0.15) is 11.5 Å². The second kappa shape index (κ2) is 5.19. The van der Waals surface area contributed by atoms with Crippen LogP contribution in [0.1, 0.15) is 18.2 Å². The van der Waals surface area contributed by atoms with Crippen LogP contribution in [0.4, 0.5) is 0 Å². The Morgan fingerprint density at radius 1 is 1.18 bits per heavy atom. The summed E-state index contributed by atoms with van der Waals surface area (Å²) in [7, 11) is 1.97. The lowest BCUT2D eigenvalue weighted by molar-refractivity contribution is 0.481. The Bertz CT molecular complexity index is 487. The molecule has 0 aliphatic carbocycles. The van der Waals surface area contributed by atoms with Crippen molar-refractivity contribution in [2.45, 2.75) is 26.3 Å². The molecule has 0 bridgehead atoms. The fourth-order valence-corrected chi connectivity index (χ4v) is 1.89. The highest BCUT2D eigenvalue weighted by molar-refractivity contribution is 5.61. The summed E-state index contributed by atoms with van der Waals surface area (Å²) in [4.78, 5) is 0. The Kier molecular flexibility index (Phi) is 3.64. The first kappa shape index (κ1) is 11.9. The minimum Gasteiger partial charge on any atom is -0.461 e. The second-order valence-electron chi connectivity index (χ2n) is 4.47. The largest absolute Gasteiger partial charge is 0.461 e. The van der Waals surface area contributed by atoms with E-state index in [1.54, 1.807) is 0 Å². The molecule has 2 heteroatoms. The van der Waals surface area contributed by atoms with Gasteiger partial charge >= 0.3 is 0 Å². The quantitative estimate of drug-likeness (QED) is 0.869. The number of hydrogen-bond acceptors (Lipinski definition) is 2. The van der Waals surface area contributed by atoms with Crippen LogP contribution in [0.3, 0.4) is 0 Å². The molecule has 1 aromatic heterocycles. The van der Waals surface area contributed by atoms with Crippen molar-refractivity contribution >= 4 is 0 Å². The van der Waals surface area contributed by atoms with Crippen LogP contribution in [0.5, 0.6) is 0 Å². The average molecular weight is 229 g/mol. The summed E-state index contributed by atoms with van der Waals surface area (Å²) in [6.07, 6.45) is 0.919. The molecule has 0 fully saturated rings. The molecule has 0 amide bonds. The normalized spacial score (nSPS) is 12.6. The van der Waals surface area contributed by atoms with Gasteiger partial charge in [0.15, 0.2) is 0 Å². The number of benzene rings is 1. The standard InChI is InChI=1S/C15H19NO/c1-11-6-4-5-7-14(11)15-9-8-13(17-15)10-12(2)16-3/h4-9,12,16H,10H2,1-3H3. The molecule has 1 atom stereocenters. The summed E-state index contributed by atoms with van der Waals surface area (Å²) in [6.45, 7) is 4.25. The smallest absolute Gasteiger partial charge is 0.134 e. The summed E-state index contributed by atoms with van der Waals surface area (Å²) < 4.78 is 5.88. The van der Waals surface area contributed by atoms with Crippen molar-refractivity contribution in [3.05, 3.63) is 47.7 Å². The molecule has 1 N–H and O–H groups in total. The highest BCUT2D eigenvalue weighted by atomic mass is 16.3. The number of likely N-dealkylation sites (N-methyl/N-ethyl adjacent to an activating group) is 1. The fraction of sp³-hybridized carbons (Fsp3) is 0.333. The number of nitrogens with one attached hydrogen (secondary N) is 1. The molecule has 17 heavy (non-hydrogen) atoms. The Labute approximate surface area is 103 Å². The zero-order valence-corrected chi connectivity index (χ0v) is 10.7. The zero-order valence-electron chi connectivity index (χ0n) is 10.7. The minimum atomic E-state index is 0.436. The van der Waals surface area contributed by atoms with E-state index in [0.29, 0.717) is 6.04 Å². The molecule has 90 valence electrons. The van der Waals surface area contributed by atoms with Crippen molar-refractivity contribution in [2.24, 2.45) is 0 Å². The molecule has 2 aromatic rings. The molecule has 1 unspecified atom stereocenters. The SMILES string of the molecule is CNC(C)Cc1ccc(-c2ccccc2C)o1. The van der Waals surface area contributed by atoms with Crippen LogP contribution < -0.4 is 5.32 Å². The molecule has 1 aromatic carbocycles. The molecule has 0 aliphatic rings. The summed E-state index contributed by atoms with van der Waals surface area (Å²) in [5.74, 6) is 1.99. The maximum Gasteiger partial charge on any atom is 0.134 e. The lowest BCUT2D eigenvalue weighted by atomic mass is 10.1. The molecular formula is C15H19NO. The molecule has 0 radical (unpaired) electrons. The van der Waals surface area contributed by atoms with Gasteiger partial charge in [-0.1, -0.05) is 24.3 Å². The van der Waals surface area contributed by atoms with Gasteiger partial charge in [-0.3, -0.25) is 0 Å². The molecule has 0 saturated heterocycles. The van der Waals surface area contributed by atoms with Crippen LogP contribution in [0.25, 0.3) is 11.3 Å². The molecule has 2 rings (SSSR count). The number of furan rings is 1. The van der Waals surface area contributed by atoms with E-state index in [9.17, 15) is 0 Å². The maximum atomic E-state index is 5.88. The van der Waals surface area contributed by atoms with E-state index in [-0.39, 0.29) is 0 Å². The fourth-order valence-electron chi connectivity index (χ4n) is 1.89. The van der Waals surface area contributed by atoms with Gasteiger partial charge in [-0.25, -0.2) is 0 Å². The topological polar surface area (TPSA) is 25.2 Å². The Balaban J connectivity index is 2.21. The third-order valence-corrected chi connectivity index (χ3v) is 3.07.